The monoisotopic (exact) mass is 826 g/mol. The second kappa shape index (κ2) is 25.8. The summed E-state index contributed by atoms with van der Waals surface area (Å²) in [6.07, 6.45) is -0.896. The number of carbonyl (C=O) groups is 7. The zero-order valence-electron chi connectivity index (χ0n) is 33.7. The number of hydrogen-bond acceptors (Lipinski definition) is 14. The van der Waals surface area contributed by atoms with E-state index in [0.29, 0.717) is 11.8 Å². The standard InChI is InChI=1S/C39H62N12O8/c1-24(53)33(47-22-39(23-52,15-18-42)51-35(56)28(43)12-16-40)38(59)46-19-14-30(48-32(54)21-26-8-10-27(45-2)11-9-26)37(58)49-29(13-17-41)36(57)50-31(34(44)55)20-25-6-4-3-5-7-25/h3-11,23-24,28-31,33,45,47,53H,12-22,40-43H2,1-2H3,(H2,44,55)(H,46,59)(H,48,54)(H,49,58)(H,50,57)(H,51,56)/t24-,28+,29+,30+,31-,33+,39+/m1/s1. The third kappa shape index (κ3) is 17.1. The molecule has 0 heterocycles. The number of carbonyl (C=O) groups excluding carboxylic acids is 7. The van der Waals surface area contributed by atoms with Gasteiger partial charge in [-0.25, -0.2) is 0 Å². The fraction of sp³-hybridized carbons (Fsp3) is 0.513. The van der Waals surface area contributed by atoms with Gasteiger partial charge in [-0.1, -0.05) is 42.5 Å². The quantitative estimate of drug-likeness (QED) is 0.0362. The molecule has 0 aliphatic rings. The third-order valence-corrected chi connectivity index (χ3v) is 9.43. The minimum absolute atomic E-state index is 0.0119. The van der Waals surface area contributed by atoms with E-state index < -0.39 is 77.3 Å². The summed E-state index contributed by atoms with van der Waals surface area (Å²) < 4.78 is 0. The van der Waals surface area contributed by atoms with Crippen molar-refractivity contribution < 1.29 is 38.7 Å². The Kier molecular flexibility index (Phi) is 21.7. The number of amides is 6. The van der Waals surface area contributed by atoms with Crippen molar-refractivity contribution in [3.05, 3.63) is 65.7 Å². The van der Waals surface area contributed by atoms with Gasteiger partial charge in [-0.15, -0.1) is 0 Å². The number of aldehydes is 1. The molecule has 0 radical (unpaired) electrons. The van der Waals surface area contributed by atoms with Gasteiger partial charge in [-0.05, 0) is 75.5 Å². The van der Waals surface area contributed by atoms with Crippen molar-refractivity contribution in [2.45, 2.75) is 87.3 Å². The first kappa shape index (κ1) is 49.6. The molecule has 0 saturated heterocycles. The average Bonchev–Trinajstić information content (AvgIpc) is 3.20. The summed E-state index contributed by atoms with van der Waals surface area (Å²) in [5.41, 5.74) is 29.1. The van der Waals surface area contributed by atoms with Gasteiger partial charge in [-0.2, -0.15) is 0 Å². The van der Waals surface area contributed by atoms with Crippen LogP contribution in [-0.4, -0.2) is 128 Å². The Morgan fingerprint density at radius 1 is 0.763 bits per heavy atom. The molecule has 0 aliphatic carbocycles. The second-order valence-corrected chi connectivity index (χ2v) is 14.2. The molecule has 0 unspecified atom stereocenters. The van der Waals surface area contributed by atoms with E-state index in [1.165, 1.54) is 6.92 Å². The summed E-state index contributed by atoms with van der Waals surface area (Å²) in [6.45, 7) is 0.920. The van der Waals surface area contributed by atoms with Gasteiger partial charge in [0.05, 0.1) is 18.6 Å². The Labute approximate surface area is 344 Å². The second-order valence-electron chi connectivity index (χ2n) is 14.2. The molecule has 6 amide bonds. The minimum atomic E-state index is -1.57. The lowest BCUT2D eigenvalue weighted by molar-refractivity contribution is -0.133. The Hall–Kier alpha value is -5.51. The summed E-state index contributed by atoms with van der Waals surface area (Å²) in [6, 6.07) is 9.99. The molecule has 0 saturated carbocycles. The molecule has 0 aliphatic heterocycles. The van der Waals surface area contributed by atoms with E-state index in [4.69, 9.17) is 28.7 Å². The zero-order valence-corrected chi connectivity index (χ0v) is 33.7. The molecule has 2 aromatic carbocycles. The maximum Gasteiger partial charge on any atom is 0.243 e. The maximum absolute atomic E-state index is 13.8. The number of aliphatic hydroxyl groups excluding tert-OH is 1. The summed E-state index contributed by atoms with van der Waals surface area (Å²) >= 11 is 0. The molecule has 18 N–H and O–H groups in total. The van der Waals surface area contributed by atoms with Crippen molar-refractivity contribution in [1.29, 1.82) is 0 Å². The average molecular weight is 827 g/mol. The van der Waals surface area contributed by atoms with Crippen LogP contribution >= 0.6 is 0 Å². The molecule has 7 atom stereocenters. The maximum atomic E-state index is 13.8. The van der Waals surface area contributed by atoms with E-state index in [2.05, 4.69) is 37.2 Å². The van der Waals surface area contributed by atoms with Gasteiger partial charge < -0.3 is 75.8 Å². The fourth-order valence-corrected chi connectivity index (χ4v) is 6.00. The van der Waals surface area contributed by atoms with Crippen LogP contribution in [0.4, 0.5) is 5.69 Å². The first-order chi connectivity index (χ1) is 28.1. The molecule has 0 aromatic heterocycles. The Morgan fingerprint density at radius 3 is 1.92 bits per heavy atom. The van der Waals surface area contributed by atoms with Gasteiger partial charge in [0.25, 0.3) is 0 Å². The van der Waals surface area contributed by atoms with Crippen LogP contribution in [0, 0.1) is 0 Å². The number of nitrogens with one attached hydrogen (secondary N) is 7. The van der Waals surface area contributed by atoms with Gasteiger partial charge in [0.1, 0.15) is 36.0 Å². The summed E-state index contributed by atoms with van der Waals surface area (Å²) in [5, 5.41) is 29.4. The van der Waals surface area contributed by atoms with Crippen LogP contribution in [0.3, 0.4) is 0 Å². The van der Waals surface area contributed by atoms with Crippen molar-refractivity contribution in [2.24, 2.45) is 28.7 Å². The fourth-order valence-electron chi connectivity index (χ4n) is 6.00. The molecule has 2 rings (SSSR count). The van der Waals surface area contributed by atoms with Crippen LogP contribution in [0.2, 0.25) is 0 Å². The van der Waals surface area contributed by atoms with Crippen LogP contribution in [0.15, 0.2) is 54.6 Å². The molecule has 20 nitrogen and oxygen atoms in total. The lowest BCUT2D eigenvalue weighted by atomic mass is 9.95. The molecular formula is C39H62N12O8. The van der Waals surface area contributed by atoms with Gasteiger partial charge in [0.15, 0.2) is 0 Å². The van der Waals surface area contributed by atoms with Crippen molar-refractivity contribution in [3.63, 3.8) is 0 Å². The highest BCUT2D eigenvalue weighted by atomic mass is 16.3. The number of anilines is 1. The van der Waals surface area contributed by atoms with Crippen LogP contribution < -0.4 is 65.9 Å². The first-order valence-corrected chi connectivity index (χ1v) is 19.5. The van der Waals surface area contributed by atoms with E-state index in [0.717, 1.165) is 11.3 Å². The molecular weight excluding hydrogens is 765 g/mol. The molecule has 326 valence electrons. The number of aliphatic hydroxyl groups is 1. The normalized spacial score (nSPS) is 15.1. The Bertz CT molecular complexity index is 1670. The lowest BCUT2D eigenvalue weighted by Crippen LogP contribution is -2.63. The highest BCUT2D eigenvalue weighted by Gasteiger charge is 2.35. The largest absolute Gasteiger partial charge is 0.391 e. The first-order valence-electron chi connectivity index (χ1n) is 19.5. The highest BCUT2D eigenvalue weighted by Crippen LogP contribution is 2.11. The van der Waals surface area contributed by atoms with Gasteiger partial charge in [0.2, 0.25) is 35.4 Å². The van der Waals surface area contributed by atoms with Gasteiger partial charge >= 0.3 is 0 Å². The Balaban J connectivity index is 2.24. The zero-order chi connectivity index (χ0) is 44.0. The van der Waals surface area contributed by atoms with Crippen molar-refractivity contribution in [3.8, 4) is 0 Å². The van der Waals surface area contributed by atoms with Crippen LogP contribution in [-0.2, 0) is 46.4 Å². The Morgan fingerprint density at radius 2 is 1.37 bits per heavy atom. The summed E-state index contributed by atoms with van der Waals surface area (Å²) in [5.74, 6) is -4.21. The van der Waals surface area contributed by atoms with Crippen LogP contribution in [0.5, 0.6) is 0 Å². The topological polar surface area (TPSA) is 354 Å². The van der Waals surface area contributed by atoms with E-state index >= 15 is 0 Å². The van der Waals surface area contributed by atoms with E-state index in [-0.39, 0.29) is 71.2 Å². The third-order valence-electron chi connectivity index (χ3n) is 9.43. The molecule has 59 heavy (non-hydrogen) atoms. The molecule has 20 heteroatoms. The number of rotatable bonds is 28. The predicted molar refractivity (Wildman–Crippen MR) is 222 cm³/mol. The molecule has 0 fully saturated rings. The number of benzene rings is 2. The van der Waals surface area contributed by atoms with Crippen molar-refractivity contribution >= 4 is 47.4 Å². The molecule has 2 aromatic rings. The lowest BCUT2D eigenvalue weighted by Gasteiger charge is -2.33. The predicted octanol–water partition coefficient (Wildman–Crippen LogP) is -4.27. The van der Waals surface area contributed by atoms with E-state index in [9.17, 15) is 38.7 Å². The SMILES string of the molecule is CNc1ccc(CC(=O)N[C@@H](CCNC(=O)[C@@H](NC[C@](C=O)(CCN)NC(=O)[C@@H](N)CCN)[C@@H](C)O)C(=O)N[C@@H](CCN)C(=O)N[C@H](Cc2ccccc2)C(N)=O)cc1. The molecule has 0 spiro atoms. The van der Waals surface area contributed by atoms with Crippen molar-refractivity contribution in [1.82, 2.24) is 31.9 Å². The van der Waals surface area contributed by atoms with Crippen LogP contribution in [0.1, 0.15) is 43.7 Å². The van der Waals surface area contributed by atoms with E-state index in [1.807, 2.05) is 0 Å². The van der Waals surface area contributed by atoms with E-state index in [1.54, 1.807) is 61.6 Å². The number of primary amides is 1. The number of nitrogens with two attached hydrogens (primary N) is 5. The summed E-state index contributed by atoms with van der Waals surface area (Å²) in [7, 11) is 1.75. The minimum Gasteiger partial charge on any atom is -0.391 e. The number of hydrogen-bond donors (Lipinski definition) is 13. The van der Waals surface area contributed by atoms with Gasteiger partial charge in [0, 0.05) is 32.2 Å². The highest BCUT2D eigenvalue weighted by molar-refractivity contribution is 5.94. The van der Waals surface area contributed by atoms with Crippen molar-refractivity contribution in [2.75, 3.05) is 45.1 Å². The molecule has 0 bridgehead atoms. The van der Waals surface area contributed by atoms with Crippen LogP contribution in [0.25, 0.3) is 0 Å². The van der Waals surface area contributed by atoms with Gasteiger partial charge in [-0.3, -0.25) is 28.8 Å². The smallest absolute Gasteiger partial charge is 0.243 e. The summed E-state index contributed by atoms with van der Waals surface area (Å²) in [4.78, 5) is 91.2.